The average molecular weight is 176 g/mol. The Morgan fingerprint density at radius 1 is 1.45 bits per heavy atom. The molecule has 0 aromatic rings. The van der Waals surface area contributed by atoms with Gasteiger partial charge in [0.1, 0.15) is 0 Å². The summed E-state index contributed by atoms with van der Waals surface area (Å²) in [6.07, 6.45) is 2.42. The van der Waals surface area contributed by atoms with Crippen molar-refractivity contribution in [3.05, 3.63) is 0 Å². The maximum atomic E-state index is 5.04. The van der Waals surface area contributed by atoms with Gasteiger partial charge < -0.3 is 4.74 Å². The average Bonchev–Trinajstić information content (AvgIpc) is 2.05. The first kappa shape index (κ1) is 11.3. The first-order valence-electron chi connectivity index (χ1n) is 4.36. The standard InChI is InChI=1S/C9H20OS/c1-4-9(5-6-10-3)8(2)7-11/h8-9,11H,4-7H2,1-3H3. The van der Waals surface area contributed by atoms with Gasteiger partial charge in [0.25, 0.3) is 0 Å². The topological polar surface area (TPSA) is 9.23 Å². The molecule has 2 unspecified atom stereocenters. The third-order valence-corrected chi connectivity index (χ3v) is 2.89. The quantitative estimate of drug-likeness (QED) is 0.612. The molecule has 0 rings (SSSR count). The Morgan fingerprint density at radius 3 is 2.45 bits per heavy atom. The normalized spacial score (nSPS) is 16.4. The first-order valence-corrected chi connectivity index (χ1v) is 4.99. The summed E-state index contributed by atoms with van der Waals surface area (Å²) in [7, 11) is 1.76. The predicted octanol–water partition coefficient (Wildman–Crippen LogP) is 2.62. The van der Waals surface area contributed by atoms with Crippen molar-refractivity contribution in [1.82, 2.24) is 0 Å². The Hall–Kier alpha value is 0.310. The van der Waals surface area contributed by atoms with Gasteiger partial charge in [-0.1, -0.05) is 20.3 Å². The minimum atomic E-state index is 0.721. The Balaban J connectivity index is 3.56. The maximum absolute atomic E-state index is 5.04. The van der Waals surface area contributed by atoms with E-state index in [4.69, 9.17) is 4.74 Å². The van der Waals surface area contributed by atoms with Gasteiger partial charge in [-0.15, -0.1) is 0 Å². The molecule has 68 valence electrons. The number of hydrogen-bond donors (Lipinski definition) is 1. The van der Waals surface area contributed by atoms with Crippen molar-refractivity contribution in [3.63, 3.8) is 0 Å². The molecule has 0 saturated heterocycles. The highest BCUT2D eigenvalue weighted by molar-refractivity contribution is 7.80. The van der Waals surface area contributed by atoms with Gasteiger partial charge in [0, 0.05) is 13.7 Å². The van der Waals surface area contributed by atoms with Gasteiger partial charge in [0.15, 0.2) is 0 Å². The third kappa shape index (κ3) is 4.70. The van der Waals surface area contributed by atoms with Gasteiger partial charge in [-0.3, -0.25) is 0 Å². The smallest absolute Gasteiger partial charge is 0.0465 e. The van der Waals surface area contributed by atoms with E-state index in [0.717, 1.165) is 24.2 Å². The minimum absolute atomic E-state index is 0.721. The number of thiol groups is 1. The molecule has 1 nitrogen and oxygen atoms in total. The largest absolute Gasteiger partial charge is 0.385 e. The summed E-state index contributed by atoms with van der Waals surface area (Å²) >= 11 is 4.29. The molecule has 0 N–H and O–H groups in total. The Labute approximate surface area is 75.9 Å². The summed E-state index contributed by atoms with van der Waals surface area (Å²) in [5, 5.41) is 0. The van der Waals surface area contributed by atoms with Crippen LogP contribution in [0.15, 0.2) is 0 Å². The molecule has 0 bridgehead atoms. The SMILES string of the molecule is CCC(CCOC)C(C)CS. The highest BCUT2D eigenvalue weighted by atomic mass is 32.1. The Morgan fingerprint density at radius 2 is 2.09 bits per heavy atom. The van der Waals surface area contributed by atoms with E-state index in [0.29, 0.717) is 0 Å². The van der Waals surface area contributed by atoms with E-state index < -0.39 is 0 Å². The van der Waals surface area contributed by atoms with Crippen molar-refractivity contribution in [2.45, 2.75) is 26.7 Å². The summed E-state index contributed by atoms with van der Waals surface area (Å²) < 4.78 is 5.04. The molecular weight excluding hydrogens is 156 g/mol. The molecule has 0 aliphatic heterocycles. The predicted molar refractivity (Wildman–Crippen MR) is 53.3 cm³/mol. The fourth-order valence-corrected chi connectivity index (χ4v) is 1.61. The molecule has 2 atom stereocenters. The maximum Gasteiger partial charge on any atom is 0.0465 e. The van der Waals surface area contributed by atoms with Gasteiger partial charge in [-0.25, -0.2) is 0 Å². The van der Waals surface area contributed by atoms with Crippen LogP contribution in [0, 0.1) is 11.8 Å². The van der Waals surface area contributed by atoms with Crippen LogP contribution in [-0.2, 0) is 4.74 Å². The van der Waals surface area contributed by atoms with Crippen molar-refractivity contribution in [3.8, 4) is 0 Å². The highest BCUT2D eigenvalue weighted by Crippen LogP contribution is 2.20. The van der Waals surface area contributed by atoms with Crippen LogP contribution in [0.25, 0.3) is 0 Å². The van der Waals surface area contributed by atoms with Crippen LogP contribution in [0.2, 0.25) is 0 Å². The van der Waals surface area contributed by atoms with E-state index in [1.165, 1.54) is 12.8 Å². The van der Waals surface area contributed by atoms with Gasteiger partial charge in [0.2, 0.25) is 0 Å². The summed E-state index contributed by atoms with van der Waals surface area (Å²) in [6, 6.07) is 0. The van der Waals surface area contributed by atoms with Crippen LogP contribution in [0.5, 0.6) is 0 Å². The Bertz CT molecular complexity index is 85.6. The summed E-state index contributed by atoms with van der Waals surface area (Å²) in [5.41, 5.74) is 0. The number of ether oxygens (including phenoxy) is 1. The van der Waals surface area contributed by atoms with Crippen molar-refractivity contribution >= 4 is 12.6 Å². The zero-order valence-corrected chi connectivity index (χ0v) is 8.73. The van der Waals surface area contributed by atoms with E-state index in [1.54, 1.807) is 7.11 Å². The van der Waals surface area contributed by atoms with E-state index in [-0.39, 0.29) is 0 Å². The van der Waals surface area contributed by atoms with Crippen molar-refractivity contribution < 1.29 is 4.74 Å². The zero-order valence-electron chi connectivity index (χ0n) is 7.84. The lowest BCUT2D eigenvalue weighted by Crippen LogP contribution is -2.14. The van der Waals surface area contributed by atoms with Gasteiger partial charge in [0.05, 0.1) is 0 Å². The van der Waals surface area contributed by atoms with Crippen molar-refractivity contribution in [2.24, 2.45) is 11.8 Å². The zero-order chi connectivity index (χ0) is 8.69. The lowest BCUT2D eigenvalue weighted by molar-refractivity contribution is 0.164. The second-order valence-corrected chi connectivity index (χ2v) is 3.47. The van der Waals surface area contributed by atoms with Crippen molar-refractivity contribution in [2.75, 3.05) is 19.5 Å². The second kappa shape index (κ2) is 6.99. The number of rotatable bonds is 6. The third-order valence-electron chi connectivity index (χ3n) is 2.31. The van der Waals surface area contributed by atoms with E-state index >= 15 is 0 Å². The second-order valence-electron chi connectivity index (χ2n) is 3.11. The van der Waals surface area contributed by atoms with Crippen LogP contribution < -0.4 is 0 Å². The molecule has 0 aromatic carbocycles. The van der Waals surface area contributed by atoms with Gasteiger partial charge >= 0.3 is 0 Å². The first-order chi connectivity index (χ1) is 5.26. The summed E-state index contributed by atoms with van der Waals surface area (Å²) in [5.74, 6) is 2.49. The molecule has 0 radical (unpaired) electrons. The van der Waals surface area contributed by atoms with Crippen LogP contribution >= 0.6 is 12.6 Å². The van der Waals surface area contributed by atoms with Crippen LogP contribution in [0.1, 0.15) is 26.7 Å². The highest BCUT2D eigenvalue weighted by Gasteiger charge is 2.12. The molecule has 0 heterocycles. The molecule has 11 heavy (non-hydrogen) atoms. The van der Waals surface area contributed by atoms with Gasteiger partial charge in [-0.05, 0) is 24.0 Å². The fourth-order valence-electron chi connectivity index (χ4n) is 1.31. The molecule has 0 saturated carbocycles. The van der Waals surface area contributed by atoms with Crippen molar-refractivity contribution in [1.29, 1.82) is 0 Å². The Kier molecular flexibility index (Phi) is 7.18. The van der Waals surface area contributed by atoms with Crippen LogP contribution in [0.4, 0.5) is 0 Å². The minimum Gasteiger partial charge on any atom is -0.385 e. The molecule has 0 aliphatic rings. The molecule has 0 aliphatic carbocycles. The summed E-state index contributed by atoms with van der Waals surface area (Å²) in [4.78, 5) is 0. The monoisotopic (exact) mass is 176 g/mol. The van der Waals surface area contributed by atoms with E-state index in [1.807, 2.05) is 0 Å². The van der Waals surface area contributed by atoms with E-state index in [2.05, 4.69) is 26.5 Å². The molecule has 2 heteroatoms. The molecule has 0 aromatic heterocycles. The lowest BCUT2D eigenvalue weighted by Gasteiger charge is -2.20. The lowest BCUT2D eigenvalue weighted by atomic mass is 9.90. The fraction of sp³-hybridized carbons (Fsp3) is 1.00. The molecular formula is C9H20OS. The van der Waals surface area contributed by atoms with Gasteiger partial charge in [-0.2, -0.15) is 12.6 Å². The molecule has 0 amide bonds. The van der Waals surface area contributed by atoms with Crippen LogP contribution in [-0.4, -0.2) is 19.5 Å². The van der Waals surface area contributed by atoms with E-state index in [9.17, 15) is 0 Å². The summed E-state index contributed by atoms with van der Waals surface area (Å²) in [6.45, 7) is 5.38. The molecule has 0 spiro atoms. The van der Waals surface area contributed by atoms with Crippen LogP contribution in [0.3, 0.4) is 0 Å². The molecule has 0 fully saturated rings. The number of methoxy groups -OCH3 is 1. The number of hydrogen-bond acceptors (Lipinski definition) is 2.